The van der Waals surface area contributed by atoms with Crippen molar-refractivity contribution in [2.24, 2.45) is 0 Å². The summed E-state index contributed by atoms with van der Waals surface area (Å²) in [6.45, 7) is 0.989. The molecule has 28 heavy (non-hydrogen) atoms. The molecule has 2 amide bonds. The van der Waals surface area contributed by atoms with E-state index < -0.39 is 0 Å². The van der Waals surface area contributed by atoms with Crippen molar-refractivity contribution in [1.29, 1.82) is 0 Å². The molecule has 2 heterocycles. The van der Waals surface area contributed by atoms with Crippen LogP contribution in [0.3, 0.4) is 0 Å². The van der Waals surface area contributed by atoms with Crippen molar-refractivity contribution in [2.45, 2.75) is 38.1 Å². The first-order valence-electron chi connectivity index (χ1n) is 9.68. The van der Waals surface area contributed by atoms with Crippen LogP contribution in [0.25, 0.3) is 0 Å². The molecule has 0 saturated heterocycles. The van der Waals surface area contributed by atoms with E-state index in [1.165, 1.54) is 6.42 Å². The summed E-state index contributed by atoms with van der Waals surface area (Å²) < 4.78 is 11.0. The van der Waals surface area contributed by atoms with Gasteiger partial charge < -0.3 is 20.1 Å². The lowest BCUT2D eigenvalue weighted by Gasteiger charge is -2.22. The van der Waals surface area contributed by atoms with Gasteiger partial charge in [-0.1, -0.05) is 25.3 Å². The molecular weight excluding hydrogens is 358 g/mol. The van der Waals surface area contributed by atoms with E-state index in [0.717, 1.165) is 25.7 Å². The summed E-state index contributed by atoms with van der Waals surface area (Å²) >= 11 is 0. The molecule has 2 N–H and O–H groups in total. The van der Waals surface area contributed by atoms with Crippen LogP contribution in [0.1, 0.15) is 53.1 Å². The Kier molecular flexibility index (Phi) is 5.41. The molecule has 0 atom stereocenters. The minimum atomic E-state index is -0.385. The topological polar surface area (TPSA) is 89.5 Å². The number of anilines is 1. The largest absolute Gasteiger partial charge is 0.486 e. The first-order chi connectivity index (χ1) is 13.7. The van der Waals surface area contributed by atoms with Crippen molar-refractivity contribution in [3.63, 3.8) is 0 Å². The first kappa shape index (κ1) is 18.3. The monoisotopic (exact) mass is 381 g/mol. The maximum Gasteiger partial charge on any atom is 0.274 e. The highest BCUT2D eigenvalue weighted by Crippen LogP contribution is 2.32. The number of amides is 2. The lowest BCUT2D eigenvalue weighted by Crippen LogP contribution is -2.36. The van der Waals surface area contributed by atoms with Crippen LogP contribution in [0.5, 0.6) is 11.5 Å². The Morgan fingerprint density at radius 2 is 1.61 bits per heavy atom. The van der Waals surface area contributed by atoms with Gasteiger partial charge in [0.2, 0.25) is 0 Å². The predicted molar refractivity (Wildman–Crippen MR) is 104 cm³/mol. The smallest absolute Gasteiger partial charge is 0.274 e. The third-order valence-electron chi connectivity index (χ3n) is 4.95. The summed E-state index contributed by atoms with van der Waals surface area (Å²) in [5, 5.41) is 5.81. The first-order valence-corrected chi connectivity index (χ1v) is 9.68. The molecule has 1 aliphatic heterocycles. The number of carbonyl (C=O) groups is 2. The van der Waals surface area contributed by atoms with Gasteiger partial charge >= 0.3 is 0 Å². The summed E-state index contributed by atoms with van der Waals surface area (Å²) in [6, 6.07) is 10.3. The SMILES string of the molecule is O=C(Nc1ccc2c(c1)OCCO2)c1cccc(C(=O)NC2CCCCC2)n1. The summed E-state index contributed by atoms with van der Waals surface area (Å²) in [5.41, 5.74) is 1.01. The average Bonchev–Trinajstić information content (AvgIpc) is 2.74. The molecule has 0 spiro atoms. The normalized spacial score (nSPS) is 16.3. The van der Waals surface area contributed by atoms with Crippen LogP contribution < -0.4 is 20.1 Å². The Morgan fingerprint density at radius 1 is 0.893 bits per heavy atom. The fourth-order valence-corrected chi connectivity index (χ4v) is 3.51. The van der Waals surface area contributed by atoms with Crippen LogP contribution in [-0.4, -0.2) is 36.1 Å². The Hall–Kier alpha value is -3.09. The maximum absolute atomic E-state index is 12.6. The lowest BCUT2D eigenvalue weighted by molar-refractivity contribution is 0.0922. The van der Waals surface area contributed by atoms with Gasteiger partial charge in [-0.25, -0.2) is 4.98 Å². The van der Waals surface area contributed by atoms with E-state index in [1.54, 1.807) is 36.4 Å². The third-order valence-corrected chi connectivity index (χ3v) is 4.95. The van der Waals surface area contributed by atoms with Crippen LogP contribution in [-0.2, 0) is 0 Å². The molecule has 7 heteroatoms. The zero-order valence-electron chi connectivity index (χ0n) is 15.6. The summed E-state index contributed by atoms with van der Waals surface area (Å²) in [7, 11) is 0. The molecule has 4 rings (SSSR count). The highest BCUT2D eigenvalue weighted by atomic mass is 16.6. The quantitative estimate of drug-likeness (QED) is 0.849. The minimum Gasteiger partial charge on any atom is -0.486 e. The number of rotatable bonds is 4. The maximum atomic E-state index is 12.6. The van der Waals surface area contributed by atoms with Crippen molar-refractivity contribution in [2.75, 3.05) is 18.5 Å². The van der Waals surface area contributed by atoms with Gasteiger partial charge in [0.15, 0.2) is 11.5 Å². The molecule has 146 valence electrons. The van der Waals surface area contributed by atoms with Crippen molar-refractivity contribution in [1.82, 2.24) is 10.3 Å². The van der Waals surface area contributed by atoms with Crippen molar-refractivity contribution in [3.8, 4) is 11.5 Å². The van der Waals surface area contributed by atoms with Crippen LogP contribution >= 0.6 is 0 Å². The molecule has 2 aliphatic rings. The van der Waals surface area contributed by atoms with Gasteiger partial charge in [-0.3, -0.25) is 9.59 Å². The van der Waals surface area contributed by atoms with E-state index in [9.17, 15) is 9.59 Å². The van der Waals surface area contributed by atoms with Crippen molar-refractivity contribution in [3.05, 3.63) is 47.8 Å². The molecular formula is C21H23N3O4. The predicted octanol–water partition coefficient (Wildman–Crippen LogP) is 3.17. The van der Waals surface area contributed by atoms with Gasteiger partial charge in [-0.2, -0.15) is 0 Å². The molecule has 1 saturated carbocycles. The van der Waals surface area contributed by atoms with Crippen LogP contribution in [0.2, 0.25) is 0 Å². The highest BCUT2D eigenvalue weighted by Gasteiger charge is 2.19. The molecule has 1 aromatic heterocycles. The van der Waals surface area contributed by atoms with E-state index in [4.69, 9.17) is 9.47 Å². The second-order valence-electron chi connectivity index (χ2n) is 7.03. The molecule has 1 aliphatic carbocycles. The fraction of sp³-hybridized carbons (Fsp3) is 0.381. The molecule has 1 fully saturated rings. The summed E-state index contributed by atoms with van der Waals surface area (Å²) in [4.78, 5) is 29.3. The number of aromatic nitrogens is 1. The molecule has 1 aromatic carbocycles. The highest BCUT2D eigenvalue weighted by molar-refractivity contribution is 6.04. The lowest BCUT2D eigenvalue weighted by atomic mass is 9.95. The Labute approximate surface area is 163 Å². The van der Waals surface area contributed by atoms with Crippen molar-refractivity contribution >= 4 is 17.5 Å². The second-order valence-corrected chi connectivity index (χ2v) is 7.03. The number of nitrogens with zero attached hydrogens (tertiary/aromatic N) is 1. The van der Waals surface area contributed by atoms with Gasteiger partial charge in [0, 0.05) is 17.8 Å². The van der Waals surface area contributed by atoms with Crippen LogP contribution in [0, 0.1) is 0 Å². The zero-order chi connectivity index (χ0) is 19.3. The number of hydrogen-bond donors (Lipinski definition) is 2. The van der Waals surface area contributed by atoms with Gasteiger partial charge in [-0.05, 0) is 37.1 Å². The molecule has 0 radical (unpaired) electrons. The number of hydrogen-bond acceptors (Lipinski definition) is 5. The van der Waals surface area contributed by atoms with Crippen LogP contribution in [0.15, 0.2) is 36.4 Å². The Balaban J connectivity index is 1.43. The summed E-state index contributed by atoms with van der Waals surface area (Å²) in [6.07, 6.45) is 5.49. The Morgan fingerprint density at radius 3 is 2.39 bits per heavy atom. The van der Waals surface area contributed by atoms with Gasteiger partial charge in [-0.15, -0.1) is 0 Å². The zero-order valence-corrected chi connectivity index (χ0v) is 15.6. The second kappa shape index (κ2) is 8.29. The van der Waals surface area contributed by atoms with E-state index >= 15 is 0 Å². The average molecular weight is 381 g/mol. The fourth-order valence-electron chi connectivity index (χ4n) is 3.51. The van der Waals surface area contributed by atoms with Gasteiger partial charge in [0.05, 0.1) is 0 Å². The summed E-state index contributed by atoms with van der Waals surface area (Å²) in [5.74, 6) is 0.631. The number of nitrogens with one attached hydrogen (secondary N) is 2. The molecule has 0 unspecified atom stereocenters. The number of pyridine rings is 1. The van der Waals surface area contributed by atoms with Crippen molar-refractivity contribution < 1.29 is 19.1 Å². The van der Waals surface area contributed by atoms with Gasteiger partial charge in [0.1, 0.15) is 24.6 Å². The number of fused-ring (bicyclic) bond motifs is 1. The van der Waals surface area contributed by atoms with E-state index in [2.05, 4.69) is 15.6 Å². The number of ether oxygens (including phenoxy) is 2. The third kappa shape index (κ3) is 4.24. The standard InChI is InChI=1S/C21H23N3O4/c25-20(22-14-5-2-1-3-6-14)16-7-4-8-17(24-16)21(26)23-15-9-10-18-19(13-15)28-12-11-27-18/h4,7-10,13-14H,1-3,5-6,11-12H2,(H,22,25)(H,23,26). The molecule has 2 aromatic rings. The Bertz CT molecular complexity index is 878. The van der Waals surface area contributed by atoms with Crippen LogP contribution in [0.4, 0.5) is 5.69 Å². The van der Waals surface area contributed by atoms with E-state index in [-0.39, 0.29) is 29.2 Å². The molecule has 7 nitrogen and oxygen atoms in total. The van der Waals surface area contributed by atoms with E-state index in [0.29, 0.717) is 30.4 Å². The van der Waals surface area contributed by atoms with E-state index in [1.807, 2.05) is 0 Å². The number of carbonyl (C=O) groups excluding carboxylic acids is 2. The molecule has 0 bridgehead atoms. The van der Waals surface area contributed by atoms with Gasteiger partial charge in [0.25, 0.3) is 11.8 Å². The number of benzene rings is 1. The minimum absolute atomic E-state index is 0.186.